The number of nitrogens with zero attached hydrogens (tertiary/aromatic N) is 2. The number of aliphatic hydroxyl groups excluding tert-OH is 1. The quantitative estimate of drug-likeness (QED) is 0.458. The Kier molecular flexibility index (Phi) is 5.35. The Morgan fingerprint density at radius 2 is 1.88 bits per heavy atom. The van der Waals surface area contributed by atoms with E-state index in [0.29, 0.717) is 28.6 Å². The molecular formula is C26H36N2O4. The van der Waals surface area contributed by atoms with Crippen LogP contribution in [0, 0.1) is 51.5 Å². The molecule has 0 heterocycles. The Bertz CT molecular complexity index is 946. The molecule has 1 N–H and O–H groups in total. The maximum atomic E-state index is 11.0. The molecule has 1 aromatic carbocycles. The van der Waals surface area contributed by atoms with Crippen LogP contribution in [0.1, 0.15) is 77.2 Å². The number of aryl methyl sites for hydroxylation is 1. The molecule has 4 fully saturated rings. The number of nitro groups is 1. The van der Waals surface area contributed by atoms with Crippen molar-refractivity contribution in [1.29, 1.82) is 0 Å². The maximum absolute atomic E-state index is 11.0. The number of nitro benzene ring substituents is 1. The molecule has 0 aliphatic heterocycles. The van der Waals surface area contributed by atoms with Gasteiger partial charge in [-0.15, -0.1) is 0 Å². The molecule has 0 aromatic heterocycles. The zero-order valence-corrected chi connectivity index (χ0v) is 19.5. The van der Waals surface area contributed by atoms with E-state index in [1.54, 1.807) is 19.1 Å². The maximum Gasteiger partial charge on any atom is 0.272 e. The predicted octanol–water partition coefficient (Wildman–Crippen LogP) is 6.04. The van der Waals surface area contributed by atoms with Crippen LogP contribution in [0.3, 0.4) is 0 Å². The first kappa shape index (κ1) is 21.9. The predicted molar refractivity (Wildman–Crippen MR) is 124 cm³/mol. The lowest BCUT2D eigenvalue weighted by Gasteiger charge is -2.60. The molecule has 32 heavy (non-hydrogen) atoms. The highest BCUT2D eigenvalue weighted by molar-refractivity contribution is 5.85. The first-order valence-corrected chi connectivity index (χ1v) is 12.4. The fourth-order valence-corrected chi connectivity index (χ4v) is 8.12. The molecule has 0 amide bonds. The zero-order valence-electron chi connectivity index (χ0n) is 19.5. The fourth-order valence-electron chi connectivity index (χ4n) is 8.12. The number of fused-ring (bicyclic) bond motifs is 5. The molecule has 4 aliphatic carbocycles. The third kappa shape index (κ3) is 3.37. The van der Waals surface area contributed by atoms with Gasteiger partial charge in [-0.25, -0.2) is 0 Å². The normalized spacial score (nSPS) is 42.1. The third-order valence-corrected chi connectivity index (χ3v) is 10.1. The Morgan fingerprint density at radius 3 is 2.62 bits per heavy atom. The van der Waals surface area contributed by atoms with Crippen molar-refractivity contribution in [1.82, 2.24) is 0 Å². The van der Waals surface area contributed by atoms with Gasteiger partial charge in [-0.3, -0.25) is 10.1 Å². The minimum absolute atomic E-state index is 0.105. The van der Waals surface area contributed by atoms with Crippen molar-refractivity contribution in [2.75, 3.05) is 0 Å². The van der Waals surface area contributed by atoms with Crippen molar-refractivity contribution in [3.05, 3.63) is 33.9 Å². The van der Waals surface area contributed by atoms with Gasteiger partial charge in [0.15, 0.2) is 5.75 Å². The van der Waals surface area contributed by atoms with Crippen LogP contribution in [0.4, 0.5) is 5.69 Å². The average molecular weight is 441 g/mol. The van der Waals surface area contributed by atoms with E-state index in [1.165, 1.54) is 38.2 Å². The summed E-state index contributed by atoms with van der Waals surface area (Å²) in [5, 5.41) is 26.2. The third-order valence-electron chi connectivity index (χ3n) is 10.1. The van der Waals surface area contributed by atoms with Crippen LogP contribution in [0.5, 0.6) is 5.75 Å². The molecule has 0 radical (unpaired) electrons. The van der Waals surface area contributed by atoms with Crippen LogP contribution in [-0.4, -0.2) is 21.8 Å². The highest BCUT2D eigenvalue weighted by Gasteiger charge is 2.59. The van der Waals surface area contributed by atoms with Gasteiger partial charge >= 0.3 is 0 Å². The van der Waals surface area contributed by atoms with Gasteiger partial charge in [0.25, 0.3) is 5.69 Å². The Hall–Kier alpha value is -1.95. The van der Waals surface area contributed by atoms with E-state index in [0.717, 1.165) is 43.2 Å². The molecule has 0 saturated heterocycles. The summed E-state index contributed by atoms with van der Waals surface area (Å²) in [5.74, 6) is 3.44. The molecular weight excluding hydrogens is 404 g/mol. The summed E-state index contributed by atoms with van der Waals surface area (Å²) in [5.41, 5.74) is 2.32. The highest BCUT2D eigenvalue weighted by atomic mass is 16.6. The van der Waals surface area contributed by atoms with E-state index < -0.39 is 0 Å². The van der Waals surface area contributed by atoms with Gasteiger partial charge in [-0.05, 0) is 111 Å². The van der Waals surface area contributed by atoms with E-state index in [2.05, 4.69) is 19.0 Å². The molecule has 5 rings (SSSR count). The van der Waals surface area contributed by atoms with Crippen LogP contribution in [0.2, 0.25) is 0 Å². The Labute approximate surface area is 190 Å². The van der Waals surface area contributed by atoms with Crippen molar-refractivity contribution >= 4 is 11.4 Å². The van der Waals surface area contributed by atoms with E-state index in [-0.39, 0.29) is 22.1 Å². The second-order valence-corrected chi connectivity index (χ2v) is 11.5. The monoisotopic (exact) mass is 440 g/mol. The van der Waals surface area contributed by atoms with E-state index in [1.807, 2.05) is 0 Å². The highest BCUT2D eigenvalue weighted by Crippen LogP contribution is 2.66. The molecule has 0 spiro atoms. The summed E-state index contributed by atoms with van der Waals surface area (Å²) in [6.45, 7) is 6.60. The number of oxime groups is 1. The first-order chi connectivity index (χ1) is 15.2. The number of benzene rings is 1. The molecule has 4 aliphatic rings. The van der Waals surface area contributed by atoms with Gasteiger partial charge in [0, 0.05) is 11.6 Å². The number of hydrogen-bond donors (Lipinski definition) is 1. The van der Waals surface area contributed by atoms with Crippen LogP contribution < -0.4 is 4.84 Å². The Morgan fingerprint density at radius 1 is 1.09 bits per heavy atom. The topological polar surface area (TPSA) is 85.0 Å². The summed E-state index contributed by atoms with van der Waals surface area (Å²) in [4.78, 5) is 16.4. The van der Waals surface area contributed by atoms with Gasteiger partial charge < -0.3 is 9.94 Å². The lowest BCUT2D eigenvalue weighted by atomic mass is 9.45. The van der Waals surface area contributed by atoms with Gasteiger partial charge in [-0.2, -0.15) is 0 Å². The molecule has 4 saturated carbocycles. The smallest absolute Gasteiger partial charge is 0.272 e. The number of rotatable bonds is 3. The minimum Gasteiger partial charge on any atom is -0.393 e. The van der Waals surface area contributed by atoms with Crippen molar-refractivity contribution < 1.29 is 14.9 Å². The molecule has 6 heteroatoms. The number of aliphatic hydroxyl groups is 1. The van der Waals surface area contributed by atoms with Crippen LogP contribution in [0.25, 0.3) is 0 Å². The van der Waals surface area contributed by atoms with Crippen LogP contribution >= 0.6 is 0 Å². The van der Waals surface area contributed by atoms with Crippen LogP contribution in [0.15, 0.2) is 23.4 Å². The fraction of sp³-hybridized carbons (Fsp3) is 0.731. The summed E-state index contributed by atoms with van der Waals surface area (Å²) in [6.07, 6.45) is 10.2. The standard InChI is InChI=1S/C26H36N2O4/c1-16-14-19(5-8-23(16)28(30)31)32-27-18-10-12-25(2)17(15-18)4-6-20-21-7-9-24(29)26(21,3)13-11-22(20)25/h5,8,14,17,20-22,24,29H,4,6-7,9-13,15H2,1-3H3/b27-18-/t17-,20-,21-,22-,24-,25-,26-/m0/s1. The largest absolute Gasteiger partial charge is 0.393 e. The van der Waals surface area contributed by atoms with Gasteiger partial charge in [0.1, 0.15) is 0 Å². The average Bonchev–Trinajstić information content (AvgIpc) is 3.06. The lowest BCUT2D eigenvalue weighted by molar-refractivity contribution is -0.385. The molecule has 0 unspecified atom stereocenters. The van der Waals surface area contributed by atoms with Crippen molar-refractivity contribution in [3.8, 4) is 5.75 Å². The molecule has 1 aromatic rings. The van der Waals surface area contributed by atoms with Crippen molar-refractivity contribution in [3.63, 3.8) is 0 Å². The van der Waals surface area contributed by atoms with Crippen molar-refractivity contribution in [2.24, 2.45) is 39.7 Å². The second kappa shape index (κ2) is 7.82. The van der Waals surface area contributed by atoms with Gasteiger partial charge in [-0.1, -0.05) is 19.0 Å². The van der Waals surface area contributed by atoms with E-state index in [9.17, 15) is 15.2 Å². The van der Waals surface area contributed by atoms with Crippen LogP contribution in [-0.2, 0) is 0 Å². The molecule has 7 atom stereocenters. The zero-order chi connectivity index (χ0) is 22.7. The lowest BCUT2D eigenvalue weighted by Crippen LogP contribution is -2.54. The summed E-state index contributed by atoms with van der Waals surface area (Å²) >= 11 is 0. The van der Waals surface area contributed by atoms with E-state index in [4.69, 9.17) is 4.84 Å². The molecule has 174 valence electrons. The van der Waals surface area contributed by atoms with Crippen molar-refractivity contribution in [2.45, 2.75) is 84.7 Å². The van der Waals surface area contributed by atoms with Gasteiger partial charge in [0.05, 0.1) is 16.7 Å². The summed E-state index contributed by atoms with van der Waals surface area (Å²) < 4.78 is 0. The minimum atomic E-state index is -0.372. The summed E-state index contributed by atoms with van der Waals surface area (Å²) in [7, 11) is 0. The Balaban J connectivity index is 1.28. The van der Waals surface area contributed by atoms with Gasteiger partial charge in [0.2, 0.25) is 0 Å². The first-order valence-electron chi connectivity index (χ1n) is 12.4. The number of hydrogen-bond acceptors (Lipinski definition) is 5. The molecule has 0 bridgehead atoms. The molecule has 6 nitrogen and oxygen atoms in total. The SMILES string of the molecule is Cc1cc(O/N=C2/CC[C@@]3(C)[C@@H](CC[C@@H]4[C@@H]3CC[C@]3(C)[C@@H](O)CC[C@@H]43)C2)ccc1[N+](=O)[O-]. The second-order valence-electron chi connectivity index (χ2n) is 11.5. The summed E-state index contributed by atoms with van der Waals surface area (Å²) in [6, 6.07) is 4.80. The van der Waals surface area contributed by atoms with E-state index >= 15 is 0 Å².